The first-order valence-electron chi connectivity index (χ1n) is 9.62. The molecule has 30 heavy (non-hydrogen) atoms. The Morgan fingerprint density at radius 1 is 1.17 bits per heavy atom. The molecule has 150 valence electrons. The number of H-pyrrole nitrogens is 1. The number of fused-ring (bicyclic) bond motifs is 2. The average Bonchev–Trinajstić information content (AvgIpc) is 3.40. The van der Waals surface area contributed by atoms with Crippen LogP contribution in [0.4, 0.5) is 11.6 Å². The lowest BCUT2D eigenvalue weighted by molar-refractivity contribution is -0.113. The highest BCUT2D eigenvalue weighted by Gasteiger charge is 2.32. The SMILES string of the molecule is CC1=C(C(=O)Nc2ccc3[nH]nc(-c4ccccc4)c3c2)[C@@H](C)n2nnnc2N1C. The van der Waals surface area contributed by atoms with Gasteiger partial charge in [-0.15, -0.1) is 0 Å². The van der Waals surface area contributed by atoms with E-state index in [2.05, 4.69) is 31.0 Å². The Morgan fingerprint density at radius 3 is 2.77 bits per heavy atom. The van der Waals surface area contributed by atoms with Crippen LogP contribution in [0.2, 0.25) is 0 Å². The Bertz CT molecular complexity index is 1290. The second-order valence-electron chi connectivity index (χ2n) is 7.31. The van der Waals surface area contributed by atoms with Crippen molar-refractivity contribution < 1.29 is 4.79 Å². The molecule has 0 radical (unpaired) electrons. The summed E-state index contributed by atoms with van der Waals surface area (Å²) in [5, 5.41) is 23.3. The average molecular weight is 400 g/mol. The monoisotopic (exact) mass is 400 g/mol. The molecule has 0 fully saturated rings. The largest absolute Gasteiger partial charge is 0.322 e. The molecule has 3 heterocycles. The molecule has 2 N–H and O–H groups in total. The quantitative estimate of drug-likeness (QED) is 0.547. The predicted molar refractivity (Wildman–Crippen MR) is 114 cm³/mol. The summed E-state index contributed by atoms with van der Waals surface area (Å²) in [4.78, 5) is 15.0. The minimum absolute atomic E-state index is 0.183. The zero-order valence-electron chi connectivity index (χ0n) is 16.8. The number of rotatable bonds is 3. The molecule has 0 spiro atoms. The van der Waals surface area contributed by atoms with E-state index in [1.807, 2.05) is 74.3 Å². The third kappa shape index (κ3) is 2.74. The number of nitrogens with zero attached hydrogens (tertiary/aromatic N) is 6. The van der Waals surface area contributed by atoms with Gasteiger partial charge in [-0.2, -0.15) is 5.10 Å². The number of allylic oxidation sites excluding steroid dienone is 1. The second kappa shape index (κ2) is 6.80. The van der Waals surface area contributed by atoms with E-state index in [0.29, 0.717) is 17.2 Å². The zero-order chi connectivity index (χ0) is 20.8. The molecule has 1 amide bonds. The third-order valence-corrected chi connectivity index (χ3v) is 5.57. The standard InChI is InChI=1S/C21H20N8O/c1-12-18(13(2)29-21(28(12)3)25-26-27-29)20(30)22-15-9-10-17-16(11-15)19(24-23-17)14-7-5-4-6-8-14/h4-11,13H,1-3H3,(H,22,30)(H,23,24)/t13-/m1/s1. The maximum Gasteiger partial charge on any atom is 0.255 e. The Hall–Kier alpha value is -4.01. The first-order valence-corrected chi connectivity index (χ1v) is 9.62. The van der Waals surface area contributed by atoms with Crippen LogP contribution < -0.4 is 10.2 Å². The number of aromatic amines is 1. The highest BCUT2D eigenvalue weighted by molar-refractivity contribution is 6.07. The molecule has 1 aliphatic heterocycles. The fraction of sp³-hybridized carbons (Fsp3) is 0.190. The van der Waals surface area contributed by atoms with Gasteiger partial charge in [-0.3, -0.25) is 9.89 Å². The van der Waals surface area contributed by atoms with E-state index in [1.54, 1.807) is 4.68 Å². The van der Waals surface area contributed by atoms with Gasteiger partial charge in [-0.05, 0) is 42.5 Å². The molecule has 0 unspecified atom stereocenters. The molecule has 5 rings (SSSR count). The van der Waals surface area contributed by atoms with Gasteiger partial charge in [0.05, 0.1) is 22.8 Å². The minimum Gasteiger partial charge on any atom is -0.322 e. The second-order valence-corrected chi connectivity index (χ2v) is 7.31. The number of benzene rings is 2. The predicted octanol–water partition coefficient (Wildman–Crippen LogP) is 3.14. The number of hydrogen-bond donors (Lipinski definition) is 2. The lowest BCUT2D eigenvalue weighted by Crippen LogP contribution is -2.34. The van der Waals surface area contributed by atoms with Gasteiger partial charge in [0.15, 0.2) is 0 Å². The van der Waals surface area contributed by atoms with Crippen molar-refractivity contribution in [1.29, 1.82) is 0 Å². The molecular weight excluding hydrogens is 380 g/mol. The molecule has 0 aliphatic carbocycles. The van der Waals surface area contributed by atoms with Crippen LogP contribution in [0, 0.1) is 0 Å². The number of amides is 1. The van der Waals surface area contributed by atoms with E-state index in [9.17, 15) is 4.79 Å². The number of carbonyl (C=O) groups excluding carboxylic acids is 1. The molecule has 9 nitrogen and oxygen atoms in total. The molecule has 9 heteroatoms. The molecule has 1 atom stereocenters. The number of tetrazole rings is 1. The summed E-state index contributed by atoms with van der Waals surface area (Å²) in [5.41, 5.74) is 4.90. The minimum atomic E-state index is -0.274. The van der Waals surface area contributed by atoms with Gasteiger partial charge in [0.25, 0.3) is 5.91 Å². The Labute approximate surface area is 172 Å². The van der Waals surface area contributed by atoms with Gasteiger partial charge in [0.1, 0.15) is 0 Å². The molecule has 0 saturated carbocycles. The van der Waals surface area contributed by atoms with E-state index in [1.165, 1.54) is 0 Å². The third-order valence-electron chi connectivity index (χ3n) is 5.57. The number of aromatic nitrogens is 6. The number of carbonyl (C=O) groups is 1. The van der Waals surface area contributed by atoms with Gasteiger partial charge in [0.2, 0.25) is 5.95 Å². The van der Waals surface area contributed by atoms with E-state index >= 15 is 0 Å². The fourth-order valence-corrected chi connectivity index (χ4v) is 3.88. The van der Waals surface area contributed by atoms with Crippen LogP contribution in [-0.2, 0) is 4.79 Å². The molecule has 2 aromatic heterocycles. The van der Waals surface area contributed by atoms with Gasteiger partial charge in [-0.25, -0.2) is 4.68 Å². The highest BCUT2D eigenvalue weighted by Crippen LogP contribution is 2.33. The topological polar surface area (TPSA) is 105 Å². The normalized spacial score (nSPS) is 16.1. The smallest absolute Gasteiger partial charge is 0.255 e. The molecule has 0 saturated heterocycles. The zero-order valence-corrected chi connectivity index (χ0v) is 16.8. The Kier molecular flexibility index (Phi) is 4.09. The van der Waals surface area contributed by atoms with Crippen molar-refractivity contribution >= 4 is 28.4 Å². The van der Waals surface area contributed by atoms with Crippen molar-refractivity contribution in [1.82, 2.24) is 30.4 Å². The number of hydrogen-bond acceptors (Lipinski definition) is 6. The maximum atomic E-state index is 13.2. The van der Waals surface area contributed by atoms with E-state index in [0.717, 1.165) is 27.9 Å². The van der Waals surface area contributed by atoms with Gasteiger partial charge in [-0.1, -0.05) is 35.4 Å². The van der Waals surface area contributed by atoms with Crippen molar-refractivity contribution in [2.75, 3.05) is 17.3 Å². The van der Waals surface area contributed by atoms with Gasteiger partial charge >= 0.3 is 0 Å². The summed E-state index contributed by atoms with van der Waals surface area (Å²) in [6.45, 7) is 3.81. The van der Waals surface area contributed by atoms with E-state index in [4.69, 9.17) is 0 Å². The first-order chi connectivity index (χ1) is 14.5. The molecule has 0 bridgehead atoms. The fourth-order valence-electron chi connectivity index (χ4n) is 3.88. The van der Waals surface area contributed by atoms with Gasteiger partial charge in [0, 0.05) is 29.4 Å². The first kappa shape index (κ1) is 18.0. The molecular formula is C21H20N8O. The Balaban J connectivity index is 1.49. The summed E-state index contributed by atoms with van der Waals surface area (Å²) in [7, 11) is 1.85. The van der Waals surface area contributed by atoms with Crippen LogP contribution in [-0.4, -0.2) is 43.4 Å². The Morgan fingerprint density at radius 2 is 1.97 bits per heavy atom. The summed E-state index contributed by atoms with van der Waals surface area (Å²) < 4.78 is 1.65. The summed E-state index contributed by atoms with van der Waals surface area (Å²) >= 11 is 0. The van der Waals surface area contributed by atoms with Gasteiger partial charge < -0.3 is 10.2 Å². The highest BCUT2D eigenvalue weighted by atomic mass is 16.1. The van der Waals surface area contributed by atoms with Crippen molar-refractivity contribution in [2.45, 2.75) is 19.9 Å². The van der Waals surface area contributed by atoms with Crippen molar-refractivity contribution in [2.24, 2.45) is 0 Å². The maximum absolute atomic E-state index is 13.2. The van der Waals surface area contributed by atoms with Crippen LogP contribution in [0.15, 0.2) is 59.8 Å². The van der Waals surface area contributed by atoms with Crippen molar-refractivity contribution in [3.05, 3.63) is 59.8 Å². The van der Waals surface area contributed by atoms with E-state index in [-0.39, 0.29) is 11.9 Å². The summed E-state index contributed by atoms with van der Waals surface area (Å²) in [6.07, 6.45) is 0. The molecule has 4 aromatic rings. The van der Waals surface area contributed by atoms with Crippen molar-refractivity contribution in [3.63, 3.8) is 0 Å². The lowest BCUT2D eigenvalue weighted by Gasteiger charge is -2.30. The summed E-state index contributed by atoms with van der Waals surface area (Å²) in [6, 6.07) is 15.4. The van der Waals surface area contributed by atoms with E-state index < -0.39 is 0 Å². The van der Waals surface area contributed by atoms with Crippen LogP contribution in [0.1, 0.15) is 19.9 Å². The van der Waals surface area contributed by atoms with Crippen LogP contribution in [0.25, 0.3) is 22.2 Å². The molecule has 1 aliphatic rings. The van der Waals surface area contributed by atoms with Crippen molar-refractivity contribution in [3.8, 4) is 11.3 Å². The van der Waals surface area contributed by atoms with Crippen LogP contribution in [0.3, 0.4) is 0 Å². The lowest BCUT2D eigenvalue weighted by atomic mass is 10.0. The number of anilines is 2. The van der Waals surface area contributed by atoms with Crippen LogP contribution in [0.5, 0.6) is 0 Å². The molecule has 2 aromatic carbocycles. The number of nitrogens with one attached hydrogen (secondary N) is 2. The summed E-state index contributed by atoms with van der Waals surface area (Å²) in [5.74, 6) is 0.431. The van der Waals surface area contributed by atoms with Crippen LogP contribution >= 0.6 is 0 Å².